The van der Waals surface area contributed by atoms with Crippen LogP contribution < -0.4 is 10.5 Å². The average molecular weight is 225 g/mol. The van der Waals surface area contributed by atoms with Crippen molar-refractivity contribution in [1.29, 1.82) is 5.26 Å². The second kappa shape index (κ2) is 4.54. The van der Waals surface area contributed by atoms with Gasteiger partial charge in [-0.25, -0.2) is 0 Å². The van der Waals surface area contributed by atoms with E-state index < -0.39 is 0 Å². The minimum atomic E-state index is 0.525. The lowest BCUT2D eigenvalue weighted by Gasteiger charge is -2.07. The molecule has 0 bridgehead atoms. The molecule has 0 aliphatic carbocycles. The van der Waals surface area contributed by atoms with E-state index in [1.165, 1.54) is 6.20 Å². The number of anilines is 1. The fourth-order valence-electron chi connectivity index (χ4n) is 1.57. The predicted molar refractivity (Wildman–Crippen MR) is 65.4 cm³/mol. The molecule has 2 rings (SSSR count). The molecule has 84 valence electrons. The molecule has 0 aliphatic rings. The molecule has 0 unspecified atom stereocenters. The Bertz CT molecular complexity index is 587. The lowest BCUT2D eigenvalue weighted by molar-refractivity contribution is 0.417. The maximum Gasteiger partial charge on any atom is 0.141 e. The molecule has 0 radical (unpaired) electrons. The highest BCUT2D eigenvalue weighted by molar-refractivity contribution is 5.70. The highest BCUT2D eigenvalue weighted by Gasteiger charge is 2.04. The summed E-state index contributed by atoms with van der Waals surface area (Å²) < 4.78 is 5.09. The van der Waals surface area contributed by atoms with Crippen LogP contribution in [0.15, 0.2) is 36.7 Å². The first-order valence-electron chi connectivity index (χ1n) is 5.03. The molecule has 2 aromatic rings. The van der Waals surface area contributed by atoms with Crippen LogP contribution in [0.5, 0.6) is 5.75 Å². The molecule has 4 heteroatoms. The molecule has 0 atom stereocenters. The Morgan fingerprint density at radius 3 is 2.71 bits per heavy atom. The number of nitrogens with two attached hydrogens (primary N) is 1. The lowest BCUT2D eigenvalue weighted by Crippen LogP contribution is -1.92. The van der Waals surface area contributed by atoms with Gasteiger partial charge in [0.1, 0.15) is 11.8 Å². The number of rotatable bonds is 2. The highest BCUT2D eigenvalue weighted by atomic mass is 16.5. The van der Waals surface area contributed by atoms with Gasteiger partial charge in [0.2, 0.25) is 0 Å². The summed E-state index contributed by atoms with van der Waals surface area (Å²) in [6, 6.07) is 9.31. The molecule has 0 saturated heterocycles. The van der Waals surface area contributed by atoms with Crippen molar-refractivity contribution in [3.63, 3.8) is 0 Å². The second-order valence-corrected chi connectivity index (χ2v) is 3.53. The summed E-state index contributed by atoms with van der Waals surface area (Å²) >= 11 is 0. The average Bonchev–Trinajstić information content (AvgIpc) is 2.38. The van der Waals surface area contributed by atoms with Gasteiger partial charge in [-0.15, -0.1) is 0 Å². The van der Waals surface area contributed by atoms with E-state index in [1.807, 2.05) is 6.07 Å². The maximum atomic E-state index is 8.81. The number of aromatic nitrogens is 1. The number of nitrogens with zero attached hydrogens (tertiary/aromatic N) is 2. The van der Waals surface area contributed by atoms with Crippen molar-refractivity contribution in [1.82, 2.24) is 4.98 Å². The van der Waals surface area contributed by atoms with E-state index in [9.17, 15) is 0 Å². The fraction of sp³-hybridized carbons (Fsp3) is 0.0769. The van der Waals surface area contributed by atoms with E-state index in [-0.39, 0.29) is 0 Å². The van der Waals surface area contributed by atoms with E-state index in [1.54, 1.807) is 31.5 Å². The number of hydrogen-bond acceptors (Lipinski definition) is 4. The Morgan fingerprint density at radius 2 is 2.06 bits per heavy atom. The third kappa shape index (κ3) is 2.18. The minimum Gasteiger partial charge on any atom is -0.495 e. The zero-order valence-corrected chi connectivity index (χ0v) is 9.34. The molecule has 17 heavy (non-hydrogen) atoms. The van der Waals surface area contributed by atoms with Crippen molar-refractivity contribution in [3.8, 4) is 22.9 Å². The number of nitrogen functional groups attached to an aromatic ring is 1. The SMILES string of the molecule is COc1ccc(-c2cncc(C#N)c2)cc1N. The van der Waals surface area contributed by atoms with Crippen LogP contribution in [0.1, 0.15) is 5.56 Å². The number of ether oxygens (including phenoxy) is 1. The molecule has 4 nitrogen and oxygen atoms in total. The van der Waals surface area contributed by atoms with E-state index >= 15 is 0 Å². The van der Waals surface area contributed by atoms with E-state index in [0.29, 0.717) is 17.0 Å². The number of benzene rings is 1. The molecular weight excluding hydrogens is 214 g/mol. The quantitative estimate of drug-likeness (QED) is 0.795. The predicted octanol–water partition coefficient (Wildman–Crippen LogP) is 2.21. The summed E-state index contributed by atoms with van der Waals surface area (Å²) in [5.41, 5.74) is 8.69. The van der Waals surface area contributed by atoms with Crippen LogP contribution in [0.25, 0.3) is 11.1 Å². The number of pyridine rings is 1. The Balaban J connectivity index is 2.46. The molecule has 1 heterocycles. The van der Waals surface area contributed by atoms with Gasteiger partial charge in [-0.1, -0.05) is 6.07 Å². The van der Waals surface area contributed by atoms with Crippen molar-refractivity contribution >= 4 is 5.69 Å². The molecule has 0 saturated carbocycles. The van der Waals surface area contributed by atoms with Crippen molar-refractivity contribution in [3.05, 3.63) is 42.2 Å². The van der Waals surface area contributed by atoms with Gasteiger partial charge in [0.05, 0.1) is 18.4 Å². The van der Waals surface area contributed by atoms with E-state index in [4.69, 9.17) is 15.7 Å². The van der Waals surface area contributed by atoms with Crippen LogP contribution in [0, 0.1) is 11.3 Å². The number of nitriles is 1. The molecule has 0 spiro atoms. The van der Waals surface area contributed by atoms with Gasteiger partial charge in [-0.05, 0) is 23.8 Å². The summed E-state index contributed by atoms with van der Waals surface area (Å²) in [5, 5.41) is 8.81. The normalized spacial score (nSPS) is 9.65. The summed E-state index contributed by atoms with van der Waals surface area (Å²) in [4.78, 5) is 4.01. The smallest absolute Gasteiger partial charge is 0.141 e. The van der Waals surface area contributed by atoms with Gasteiger partial charge < -0.3 is 10.5 Å². The Labute approximate surface area is 99.3 Å². The number of methoxy groups -OCH3 is 1. The van der Waals surface area contributed by atoms with Gasteiger partial charge in [0.25, 0.3) is 0 Å². The monoisotopic (exact) mass is 225 g/mol. The van der Waals surface area contributed by atoms with E-state index in [0.717, 1.165) is 11.1 Å². The van der Waals surface area contributed by atoms with E-state index in [2.05, 4.69) is 11.1 Å². The van der Waals surface area contributed by atoms with Crippen LogP contribution in [-0.4, -0.2) is 12.1 Å². The largest absolute Gasteiger partial charge is 0.495 e. The highest BCUT2D eigenvalue weighted by Crippen LogP contribution is 2.28. The summed E-state index contributed by atoms with van der Waals surface area (Å²) in [6.45, 7) is 0. The van der Waals surface area contributed by atoms with Gasteiger partial charge >= 0.3 is 0 Å². The lowest BCUT2D eigenvalue weighted by atomic mass is 10.1. The van der Waals surface area contributed by atoms with Crippen LogP contribution in [-0.2, 0) is 0 Å². The zero-order valence-electron chi connectivity index (χ0n) is 9.34. The van der Waals surface area contributed by atoms with Gasteiger partial charge in [-0.2, -0.15) is 5.26 Å². The van der Waals surface area contributed by atoms with Crippen LogP contribution in [0.4, 0.5) is 5.69 Å². The van der Waals surface area contributed by atoms with Crippen molar-refractivity contribution in [2.45, 2.75) is 0 Å². The first-order valence-corrected chi connectivity index (χ1v) is 5.03. The Hall–Kier alpha value is -2.54. The number of hydrogen-bond donors (Lipinski definition) is 1. The van der Waals surface area contributed by atoms with Gasteiger partial charge in [0, 0.05) is 18.0 Å². The second-order valence-electron chi connectivity index (χ2n) is 3.53. The Morgan fingerprint density at radius 1 is 1.24 bits per heavy atom. The van der Waals surface area contributed by atoms with Crippen molar-refractivity contribution in [2.24, 2.45) is 0 Å². The van der Waals surface area contributed by atoms with Crippen molar-refractivity contribution in [2.75, 3.05) is 12.8 Å². The molecule has 0 fully saturated rings. The Kier molecular flexibility index (Phi) is 2.93. The molecule has 1 aromatic carbocycles. The first kappa shape index (κ1) is 11.0. The third-order valence-electron chi connectivity index (χ3n) is 2.43. The summed E-state index contributed by atoms with van der Waals surface area (Å²) in [5.74, 6) is 0.637. The fourth-order valence-corrected chi connectivity index (χ4v) is 1.57. The standard InChI is InChI=1S/C13H11N3O/c1-17-13-3-2-10(5-12(13)15)11-4-9(6-14)7-16-8-11/h2-5,7-8H,15H2,1H3. The molecule has 2 N–H and O–H groups in total. The van der Waals surface area contributed by atoms with Gasteiger partial charge in [0.15, 0.2) is 0 Å². The minimum absolute atomic E-state index is 0.525. The molecule has 0 aliphatic heterocycles. The van der Waals surface area contributed by atoms with Crippen molar-refractivity contribution < 1.29 is 4.74 Å². The summed E-state index contributed by atoms with van der Waals surface area (Å²) in [7, 11) is 1.57. The third-order valence-corrected chi connectivity index (χ3v) is 2.43. The zero-order chi connectivity index (χ0) is 12.3. The summed E-state index contributed by atoms with van der Waals surface area (Å²) in [6.07, 6.45) is 3.22. The topological polar surface area (TPSA) is 71.9 Å². The van der Waals surface area contributed by atoms with Crippen LogP contribution in [0.2, 0.25) is 0 Å². The van der Waals surface area contributed by atoms with Gasteiger partial charge in [-0.3, -0.25) is 4.98 Å². The van der Waals surface area contributed by atoms with Crippen LogP contribution in [0.3, 0.4) is 0 Å². The molecule has 0 amide bonds. The molecule has 1 aromatic heterocycles. The molecular formula is C13H11N3O. The maximum absolute atomic E-state index is 8.81. The van der Waals surface area contributed by atoms with Crippen LogP contribution >= 0.6 is 0 Å². The first-order chi connectivity index (χ1) is 8.24.